The molecule has 1 heterocycles. The zero-order valence-electron chi connectivity index (χ0n) is 17.7. The Morgan fingerprint density at radius 1 is 1.09 bits per heavy atom. The highest BCUT2D eigenvalue weighted by atomic mass is 35.5. The van der Waals surface area contributed by atoms with E-state index in [0.29, 0.717) is 15.8 Å². The van der Waals surface area contributed by atoms with E-state index in [9.17, 15) is 9.18 Å². The fourth-order valence-corrected chi connectivity index (χ4v) is 4.16. The number of hydrazone groups is 1. The van der Waals surface area contributed by atoms with Crippen molar-refractivity contribution < 1.29 is 9.18 Å². The quantitative estimate of drug-likeness (QED) is 0.234. The summed E-state index contributed by atoms with van der Waals surface area (Å²) >= 11 is 7.28. The third-order valence-electron chi connectivity index (χ3n) is 4.77. The summed E-state index contributed by atoms with van der Waals surface area (Å²) in [5.74, 6) is -0.618. The molecule has 33 heavy (non-hydrogen) atoms. The molecule has 2 N–H and O–H groups in total. The van der Waals surface area contributed by atoms with E-state index in [1.54, 1.807) is 6.07 Å². The summed E-state index contributed by atoms with van der Waals surface area (Å²) in [7, 11) is 0. The number of carbonyl (C=O) groups excluding carboxylic acids is 1. The van der Waals surface area contributed by atoms with Gasteiger partial charge in [-0.3, -0.25) is 10.2 Å². The molecule has 0 spiro atoms. The van der Waals surface area contributed by atoms with E-state index >= 15 is 0 Å². The van der Waals surface area contributed by atoms with Crippen LogP contribution in [-0.2, 0) is 11.2 Å². The smallest absolute Gasteiger partial charge is 0.229 e. The number of hydrogen-bond donors (Lipinski definition) is 2. The molecule has 166 valence electrons. The molecular formula is C25H20ClFN4OS. The predicted octanol–water partition coefficient (Wildman–Crippen LogP) is 6.54. The average Bonchev–Trinajstić information content (AvgIpc) is 3.19. The van der Waals surface area contributed by atoms with Gasteiger partial charge in [-0.05, 0) is 24.6 Å². The summed E-state index contributed by atoms with van der Waals surface area (Å²) in [4.78, 5) is 17.3. The van der Waals surface area contributed by atoms with Crippen LogP contribution >= 0.6 is 22.9 Å². The van der Waals surface area contributed by atoms with E-state index in [0.717, 1.165) is 16.7 Å². The molecule has 8 heteroatoms. The van der Waals surface area contributed by atoms with Crippen molar-refractivity contribution in [2.24, 2.45) is 5.10 Å². The number of aromatic nitrogens is 1. The molecule has 0 unspecified atom stereocenters. The Morgan fingerprint density at radius 3 is 2.58 bits per heavy atom. The molecule has 1 aromatic heterocycles. The fraction of sp³-hybridized carbons (Fsp3) is 0.0800. The number of hydrogen-bond acceptors (Lipinski definition) is 5. The lowest BCUT2D eigenvalue weighted by Gasteiger charge is -2.06. The molecule has 1 amide bonds. The Balaban J connectivity index is 1.57. The minimum absolute atomic E-state index is 0.147. The molecular weight excluding hydrogens is 459 g/mol. The number of carbonyl (C=O) groups is 1. The number of halogens is 2. The second kappa shape index (κ2) is 10.4. The molecule has 0 atom stereocenters. The van der Waals surface area contributed by atoms with Gasteiger partial charge in [0, 0.05) is 11.1 Å². The van der Waals surface area contributed by atoms with Gasteiger partial charge in [0.2, 0.25) is 11.0 Å². The van der Waals surface area contributed by atoms with Crippen molar-refractivity contribution in [2.75, 3.05) is 10.7 Å². The number of rotatable bonds is 7. The maximum atomic E-state index is 14.0. The second-order valence-corrected chi connectivity index (χ2v) is 8.68. The highest BCUT2D eigenvalue weighted by molar-refractivity contribution is 7.20. The summed E-state index contributed by atoms with van der Waals surface area (Å²) in [5.41, 5.74) is 6.52. The van der Waals surface area contributed by atoms with E-state index in [4.69, 9.17) is 11.6 Å². The molecule has 0 fully saturated rings. The standard InChI is InChI=1S/C25H20ClFN4OS/c1-16-10-12-18(13-11-16)23-24(29-22(32)14-17-6-3-2-4-7-17)33-25(30-23)31-28-15-19-20(26)8-5-9-21(19)27/h2-13,15H,14H2,1H3,(H,29,32)(H,30,31). The van der Waals surface area contributed by atoms with E-state index in [1.165, 1.54) is 29.7 Å². The Labute approximate surface area is 200 Å². The topological polar surface area (TPSA) is 66.4 Å². The normalized spacial score (nSPS) is 11.0. The molecule has 4 rings (SSSR count). The number of amides is 1. The van der Waals surface area contributed by atoms with Crippen molar-refractivity contribution in [3.8, 4) is 11.3 Å². The number of aryl methyl sites for hydroxylation is 1. The highest BCUT2D eigenvalue weighted by Gasteiger charge is 2.16. The van der Waals surface area contributed by atoms with Crippen LogP contribution in [-0.4, -0.2) is 17.1 Å². The van der Waals surface area contributed by atoms with Crippen molar-refractivity contribution in [1.82, 2.24) is 4.98 Å². The van der Waals surface area contributed by atoms with E-state index < -0.39 is 5.82 Å². The van der Waals surface area contributed by atoms with Crippen LogP contribution in [0.1, 0.15) is 16.7 Å². The van der Waals surface area contributed by atoms with Crippen molar-refractivity contribution in [2.45, 2.75) is 13.3 Å². The van der Waals surface area contributed by atoms with Gasteiger partial charge in [0.15, 0.2) is 0 Å². The molecule has 0 aliphatic heterocycles. The minimum Gasteiger partial charge on any atom is -0.316 e. The van der Waals surface area contributed by atoms with Gasteiger partial charge in [-0.2, -0.15) is 5.10 Å². The maximum absolute atomic E-state index is 14.0. The van der Waals surface area contributed by atoms with Crippen LogP contribution in [0.15, 0.2) is 77.9 Å². The lowest BCUT2D eigenvalue weighted by molar-refractivity contribution is -0.115. The van der Waals surface area contributed by atoms with Gasteiger partial charge in [0.1, 0.15) is 16.5 Å². The third kappa shape index (κ3) is 5.83. The first-order valence-electron chi connectivity index (χ1n) is 10.1. The summed E-state index contributed by atoms with van der Waals surface area (Å²) in [6, 6.07) is 21.8. The molecule has 5 nitrogen and oxygen atoms in total. The molecule has 3 aromatic carbocycles. The fourth-order valence-electron chi connectivity index (χ4n) is 3.10. The van der Waals surface area contributed by atoms with E-state index in [1.807, 2.05) is 61.5 Å². The number of nitrogens with one attached hydrogen (secondary N) is 2. The first-order chi connectivity index (χ1) is 16.0. The monoisotopic (exact) mass is 478 g/mol. The maximum Gasteiger partial charge on any atom is 0.229 e. The average molecular weight is 479 g/mol. The number of benzene rings is 3. The first-order valence-corrected chi connectivity index (χ1v) is 11.3. The van der Waals surface area contributed by atoms with Crippen molar-refractivity contribution in [1.29, 1.82) is 0 Å². The van der Waals surface area contributed by atoms with Crippen molar-refractivity contribution in [3.63, 3.8) is 0 Å². The highest BCUT2D eigenvalue weighted by Crippen LogP contribution is 2.36. The lowest BCUT2D eigenvalue weighted by Crippen LogP contribution is -2.14. The first kappa shape index (κ1) is 22.6. The summed E-state index contributed by atoms with van der Waals surface area (Å²) in [6.07, 6.45) is 1.55. The Hall–Kier alpha value is -3.55. The van der Waals surface area contributed by atoms with Crippen molar-refractivity contribution in [3.05, 3.63) is 100 Å². The van der Waals surface area contributed by atoms with Gasteiger partial charge < -0.3 is 5.32 Å². The van der Waals surface area contributed by atoms with Crippen LogP contribution in [0.3, 0.4) is 0 Å². The Morgan fingerprint density at radius 2 is 1.85 bits per heavy atom. The van der Waals surface area contributed by atoms with Gasteiger partial charge in [-0.25, -0.2) is 9.37 Å². The van der Waals surface area contributed by atoms with Crippen LogP contribution in [0.25, 0.3) is 11.3 Å². The Bertz CT molecular complexity index is 1270. The third-order valence-corrected chi connectivity index (χ3v) is 5.97. The molecule has 0 aliphatic carbocycles. The summed E-state index contributed by atoms with van der Waals surface area (Å²) in [6.45, 7) is 2.00. The molecule has 0 saturated carbocycles. The molecule has 0 aliphatic rings. The zero-order valence-corrected chi connectivity index (χ0v) is 19.3. The van der Waals surface area contributed by atoms with Gasteiger partial charge in [0.25, 0.3) is 0 Å². The summed E-state index contributed by atoms with van der Waals surface area (Å²) in [5, 5.41) is 8.35. The van der Waals surface area contributed by atoms with Gasteiger partial charge >= 0.3 is 0 Å². The number of thiazole rings is 1. The minimum atomic E-state index is -0.471. The molecule has 4 aromatic rings. The van der Waals surface area contributed by atoms with Crippen LogP contribution in [0.2, 0.25) is 5.02 Å². The zero-order chi connectivity index (χ0) is 23.2. The SMILES string of the molecule is Cc1ccc(-c2nc(NN=Cc3c(F)cccc3Cl)sc2NC(=O)Cc2ccccc2)cc1. The predicted molar refractivity (Wildman–Crippen MR) is 134 cm³/mol. The van der Waals surface area contributed by atoms with Crippen molar-refractivity contribution >= 4 is 45.2 Å². The largest absolute Gasteiger partial charge is 0.316 e. The van der Waals surface area contributed by atoms with Crippen LogP contribution < -0.4 is 10.7 Å². The number of nitrogens with zero attached hydrogens (tertiary/aromatic N) is 2. The van der Waals surface area contributed by atoms with Crippen LogP contribution in [0.5, 0.6) is 0 Å². The van der Waals surface area contributed by atoms with Crippen LogP contribution in [0.4, 0.5) is 14.5 Å². The Kier molecular flexibility index (Phi) is 7.12. The molecule has 0 bridgehead atoms. The number of anilines is 2. The summed E-state index contributed by atoms with van der Waals surface area (Å²) < 4.78 is 14.0. The lowest BCUT2D eigenvalue weighted by atomic mass is 10.1. The van der Waals surface area contributed by atoms with Gasteiger partial charge in [0.05, 0.1) is 17.7 Å². The second-order valence-electron chi connectivity index (χ2n) is 7.28. The van der Waals surface area contributed by atoms with Gasteiger partial charge in [-0.15, -0.1) is 0 Å². The van der Waals surface area contributed by atoms with Gasteiger partial charge in [-0.1, -0.05) is 89.2 Å². The molecule has 0 saturated heterocycles. The molecule has 0 radical (unpaired) electrons. The van der Waals surface area contributed by atoms with Crippen LogP contribution in [0, 0.1) is 12.7 Å². The van der Waals surface area contributed by atoms with E-state index in [-0.39, 0.29) is 22.9 Å². The van der Waals surface area contributed by atoms with E-state index in [2.05, 4.69) is 20.8 Å².